The molecule has 1 amide bonds. The van der Waals surface area contributed by atoms with Crippen LogP contribution in [0, 0.1) is 0 Å². The molecule has 1 aromatic heterocycles. The minimum Gasteiger partial charge on any atom is -0.486 e. The number of rotatable bonds is 5. The van der Waals surface area contributed by atoms with E-state index in [1.54, 1.807) is 11.0 Å². The van der Waals surface area contributed by atoms with Crippen molar-refractivity contribution in [1.29, 1.82) is 0 Å². The molecule has 0 bridgehead atoms. The fourth-order valence-corrected chi connectivity index (χ4v) is 2.91. The third-order valence-corrected chi connectivity index (χ3v) is 4.25. The third kappa shape index (κ3) is 3.87. The van der Waals surface area contributed by atoms with Gasteiger partial charge in [0.2, 0.25) is 0 Å². The van der Waals surface area contributed by atoms with Crippen molar-refractivity contribution in [1.82, 2.24) is 0 Å². The van der Waals surface area contributed by atoms with E-state index in [9.17, 15) is 4.79 Å². The van der Waals surface area contributed by atoms with E-state index in [1.165, 1.54) is 12.5 Å². The summed E-state index contributed by atoms with van der Waals surface area (Å²) < 4.78 is 16.3. The van der Waals surface area contributed by atoms with Gasteiger partial charge in [0.15, 0.2) is 11.5 Å². The second kappa shape index (κ2) is 7.83. The molecule has 2 heterocycles. The fraction of sp³-hybridized carbons (Fsp3) is 0.136. The Balaban J connectivity index is 1.61. The van der Waals surface area contributed by atoms with Crippen LogP contribution in [0.3, 0.4) is 0 Å². The summed E-state index contributed by atoms with van der Waals surface area (Å²) in [4.78, 5) is 14.7. The lowest BCUT2D eigenvalue weighted by atomic mass is 10.2. The summed E-state index contributed by atoms with van der Waals surface area (Å²) >= 11 is 0. The summed E-state index contributed by atoms with van der Waals surface area (Å²) in [5.74, 6) is 1.20. The molecule has 5 heteroatoms. The second-order valence-corrected chi connectivity index (χ2v) is 6.07. The summed E-state index contributed by atoms with van der Waals surface area (Å²) in [6.07, 6.45) is 6.90. The number of carbonyl (C=O) groups is 1. The van der Waals surface area contributed by atoms with Gasteiger partial charge in [-0.1, -0.05) is 42.5 Å². The molecule has 0 fully saturated rings. The Bertz CT molecular complexity index is 932. The van der Waals surface area contributed by atoms with Crippen molar-refractivity contribution in [3.8, 4) is 11.5 Å². The number of furan rings is 1. The standard InChI is InChI=1S/C22H19NO4/c24-22(18-10-12-25-16-18)23(11-4-7-17-5-2-1-3-6-17)19-8-9-20-21(15-19)27-14-13-26-20/h1-10,12,15-16H,11,13-14H2/b7-4+. The molecule has 5 nitrogen and oxygen atoms in total. The number of ether oxygens (including phenoxy) is 2. The number of anilines is 1. The summed E-state index contributed by atoms with van der Waals surface area (Å²) in [5, 5.41) is 0. The first-order chi connectivity index (χ1) is 13.3. The molecule has 0 N–H and O–H groups in total. The average molecular weight is 361 g/mol. The molecule has 0 saturated heterocycles. The summed E-state index contributed by atoms with van der Waals surface area (Å²) in [5.41, 5.74) is 2.32. The lowest BCUT2D eigenvalue weighted by Crippen LogP contribution is -2.31. The molecule has 0 radical (unpaired) electrons. The van der Waals surface area contributed by atoms with Gasteiger partial charge in [-0.05, 0) is 23.8 Å². The fourth-order valence-electron chi connectivity index (χ4n) is 2.91. The van der Waals surface area contributed by atoms with Gasteiger partial charge in [0.05, 0.1) is 11.8 Å². The van der Waals surface area contributed by atoms with E-state index >= 15 is 0 Å². The Hall–Kier alpha value is -3.47. The molecule has 1 aliphatic rings. The van der Waals surface area contributed by atoms with Crippen molar-refractivity contribution < 1.29 is 18.7 Å². The van der Waals surface area contributed by atoms with Gasteiger partial charge in [0, 0.05) is 18.3 Å². The number of carbonyl (C=O) groups excluding carboxylic acids is 1. The highest BCUT2D eigenvalue weighted by atomic mass is 16.6. The van der Waals surface area contributed by atoms with Gasteiger partial charge < -0.3 is 18.8 Å². The van der Waals surface area contributed by atoms with Crippen LogP contribution >= 0.6 is 0 Å². The van der Waals surface area contributed by atoms with Crippen molar-refractivity contribution in [2.45, 2.75) is 0 Å². The van der Waals surface area contributed by atoms with E-state index in [1.807, 2.05) is 60.7 Å². The van der Waals surface area contributed by atoms with Gasteiger partial charge in [-0.3, -0.25) is 4.79 Å². The van der Waals surface area contributed by atoms with Gasteiger partial charge in [0.1, 0.15) is 19.5 Å². The predicted molar refractivity (Wildman–Crippen MR) is 103 cm³/mol. The van der Waals surface area contributed by atoms with Gasteiger partial charge in [0.25, 0.3) is 5.91 Å². The summed E-state index contributed by atoms with van der Waals surface area (Å²) in [7, 11) is 0. The molecule has 3 aromatic rings. The molecule has 27 heavy (non-hydrogen) atoms. The molecule has 0 saturated carbocycles. The van der Waals surface area contributed by atoms with Crippen molar-refractivity contribution in [2.75, 3.05) is 24.7 Å². The molecule has 4 rings (SSSR count). The van der Waals surface area contributed by atoms with Crippen LogP contribution in [0.2, 0.25) is 0 Å². The Labute approximate surface area is 157 Å². The highest BCUT2D eigenvalue weighted by Crippen LogP contribution is 2.34. The molecule has 2 aromatic carbocycles. The molecular weight excluding hydrogens is 342 g/mol. The van der Waals surface area contributed by atoms with E-state index in [2.05, 4.69) is 0 Å². The summed E-state index contributed by atoms with van der Waals surface area (Å²) in [6.45, 7) is 1.45. The molecule has 0 spiro atoms. The zero-order valence-corrected chi connectivity index (χ0v) is 14.7. The zero-order chi connectivity index (χ0) is 18.5. The second-order valence-electron chi connectivity index (χ2n) is 6.07. The van der Waals surface area contributed by atoms with Gasteiger partial charge >= 0.3 is 0 Å². The maximum Gasteiger partial charge on any atom is 0.261 e. The quantitative estimate of drug-likeness (QED) is 0.675. The maximum absolute atomic E-state index is 13.0. The maximum atomic E-state index is 13.0. The first-order valence-electron chi connectivity index (χ1n) is 8.76. The van der Waals surface area contributed by atoms with Crippen LogP contribution < -0.4 is 14.4 Å². The minimum atomic E-state index is -0.141. The number of nitrogens with zero attached hydrogens (tertiary/aromatic N) is 1. The van der Waals surface area contributed by atoms with Crippen LogP contribution in [-0.2, 0) is 0 Å². The normalized spacial score (nSPS) is 12.9. The Kier molecular flexibility index (Phi) is 4.92. The predicted octanol–water partition coefficient (Wildman–Crippen LogP) is 4.41. The minimum absolute atomic E-state index is 0.141. The van der Waals surface area contributed by atoms with Crippen molar-refractivity contribution >= 4 is 17.7 Å². The van der Waals surface area contributed by atoms with Crippen LogP contribution in [0.1, 0.15) is 15.9 Å². The number of hydrogen-bond donors (Lipinski definition) is 0. The van der Waals surface area contributed by atoms with Gasteiger partial charge in [-0.15, -0.1) is 0 Å². The monoisotopic (exact) mass is 361 g/mol. The SMILES string of the molecule is O=C(c1ccoc1)N(C/C=C/c1ccccc1)c1ccc2c(c1)OCCO2. The van der Waals surface area contributed by atoms with Crippen LogP contribution in [0.4, 0.5) is 5.69 Å². The topological polar surface area (TPSA) is 51.9 Å². The first kappa shape index (κ1) is 17.0. The Morgan fingerprint density at radius 3 is 2.59 bits per heavy atom. The van der Waals surface area contributed by atoms with Crippen LogP contribution in [0.15, 0.2) is 77.6 Å². The molecule has 0 aliphatic carbocycles. The number of amides is 1. The molecule has 0 unspecified atom stereocenters. The van der Waals surface area contributed by atoms with Crippen LogP contribution in [0.25, 0.3) is 6.08 Å². The zero-order valence-electron chi connectivity index (χ0n) is 14.7. The van der Waals surface area contributed by atoms with E-state index in [0.29, 0.717) is 36.8 Å². The molecular formula is C22H19NO4. The van der Waals surface area contributed by atoms with Crippen molar-refractivity contribution in [2.24, 2.45) is 0 Å². The first-order valence-corrected chi connectivity index (χ1v) is 8.76. The average Bonchev–Trinajstić information content (AvgIpc) is 3.26. The number of benzene rings is 2. The van der Waals surface area contributed by atoms with E-state index in [0.717, 1.165) is 11.3 Å². The van der Waals surface area contributed by atoms with E-state index in [4.69, 9.17) is 13.9 Å². The van der Waals surface area contributed by atoms with Crippen molar-refractivity contribution in [3.05, 3.63) is 84.3 Å². The largest absolute Gasteiger partial charge is 0.486 e. The lowest BCUT2D eigenvalue weighted by Gasteiger charge is -2.24. The summed E-state index contributed by atoms with van der Waals surface area (Å²) in [6, 6.07) is 17.2. The van der Waals surface area contributed by atoms with Crippen LogP contribution in [-0.4, -0.2) is 25.7 Å². The lowest BCUT2D eigenvalue weighted by molar-refractivity contribution is 0.0989. The van der Waals surface area contributed by atoms with E-state index in [-0.39, 0.29) is 5.91 Å². The smallest absolute Gasteiger partial charge is 0.261 e. The van der Waals surface area contributed by atoms with E-state index < -0.39 is 0 Å². The number of fused-ring (bicyclic) bond motifs is 1. The molecule has 0 atom stereocenters. The van der Waals surface area contributed by atoms with Gasteiger partial charge in [-0.2, -0.15) is 0 Å². The molecule has 1 aliphatic heterocycles. The highest BCUT2D eigenvalue weighted by Gasteiger charge is 2.20. The van der Waals surface area contributed by atoms with Crippen molar-refractivity contribution in [3.63, 3.8) is 0 Å². The third-order valence-electron chi connectivity index (χ3n) is 4.25. The Morgan fingerprint density at radius 1 is 1.00 bits per heavy atom. The molecule has 136 valence electrons. The van der Waals surface area contributed by atoms with Gasteiger partial charge in [-0.25, -0.2) is 0 Å². The van der Waals surface area contributed by atoms with Crippen LogP contribution in [0.5, 0.6) is 11.5 Å². The Morgan fingerprint density at radius 2 is 1.81 bits per heavy atom. The highest BCUT2D eigenvalue weighted by molar-refractivity contribution is 6.06. The number of hydrogen-bond acceptors (Lipinski definition) is 4.